The van der Waals surface area contributed by atoms with Gasteiger partial charge in [-0.1, -0.05) is 48.0 Å². The van der Waals surface area contributed by atoms with E-state index >= 15 is 0 Å². The molecule has 1 N–H and O–H groups in total. The molecular weight excluding hydrogens is 210 g/mol. The number of rotatable bonds is 3. The SMILES string of the molecule is Cc1ccc([NH+]=CC(=O)c2ccccc2)cc1. The van der Waals surface area contributed by atoms with Crippen molar-refractivity contribution in [1.82, 2.24) is 0 Å². The van der Waals surface area contributed by atoms with E-state index < -0.39 is 0 Å². The van der Waals surface area contributed by atoms with E-state index in [0.717, 1.165) is 5.69 Å². The molecule has 0 spiro atoms. The van der Waals surface area contributed by atoms with Gasteiger partial charge in [0.2, 0.25) is 17.7 Å². The highest BCUT2D eigenvalue weighted by atomic mass is 16.1. The summed E-state index contributed by atoms with van der Waals surface area (Å²) in [5, 5.41) is 0. The van der Waals surface area contributed by atoms with Gasteiger partial charge in [0.05, 0.1) is 0 Å². The van der Waals surface area contributed by atoms with Crippen LogP contribution in [0.25, 0.3) is 0 Å². The molecule has 0 aliphatic carbocycles. The molecule has 0 aliphatic heterocycles. The molecule has 0 amide bonds. The Morgan fingerprint density at radius 3 is 2.29 bits per heavy atom. The minimum Gasteiger partial charge on any atom is -0.283 e. The summed E-state index contributed by atoms with van der Waals surface area (Å²) in [4.78, 5) is 14.8. The molecule has 17 heavy (non-hydrogen) atoms. The van der Waals surface area contributed by atoms with Gasteiger partial charge in [-0.05, 0) is 6.92 Å². The van der Waals surface area contributed by atoms with Crippen LogP contribution in [0.2, 0.25) is 0 Å². The Hall–Kier alpha value is -2.22. The van der Waals surface area contributed by atoms with Gasteiger partial charge >= 0.3 is 0 Å². The van der Waals surface area contributed by atoms with Crippen molar-refractivity contribution >= 4 is 17.7 Å². The minimum atomic E-state index is -0.0221. The van der Waals surface area contributed by atoms with Crippen molar-refractivity contribution in [2.24, 2.45) is 0 Å². The fraction of sp³-hybridized carbons (Fsp3) is 0.0667. The molecule has 0 saturated heterocycles. The number of benzene rings is 2. The summed E-state index contributed by atoms with van der Waals surface area (Å²) < 4.78 is 0. The first-order valence-electron chi connectivity index (χ1n) is 5.51. The first-order valence-corrected chi connectivity index (χ1v) is 5.51. The van der Waals surface area contributed by atoms with Crippen LogP contribution in [0, 0.1) is 6.92 Å². The largest absolute Gasteiger partial charge is 0.283 e. The number of ketones is 1. The van der Waals surface area contributed by atoms with Gasteiger partial charge in [-0.2, -0.15) is 0 Å². The fourth-order valence-corrected chi connectivity index (χ4v) is 1.48. The average Bonchev–Trinajstić information content (AvgIpc) is 2.39. The number of carbonyl (C=O) groups is 1. The molecule has 2 nitrogen and oxygen atoms in total. The van der Waals surface area contributed by atoms with E-state index in [4.69, 9.17) is 0 Å². The number of nitrogens with one attached hydrogen (secondary N) is 1. The zero-order valence-corrected chi connectivity index (χ0v) is 9.68. The smallest absolute Gasteiger partial charge is 0.248 e. The summed E-state index contributed by atoms with van der Waals surface area (Å²) in [7, 11) is 0. The van der Waals surface area contributed by atoms with E-state index in [1.807, 2.05) is 49.4 Å². The Morgan fingerprint density at radius 2 is 1.65 bits per heavy atom. The number of hydrogen-bond acceptors (Lipinski definition) is 1. The fourth-order valence-electron chi connectivity index (χ4n) is 1.48. The summed E-state index contributed by atoms with van der Waals surface area (Å²) in [6.45, 7) is 2.03. The van der Waals surface area contributed by atoms with Gasteiger partial charge in [0.15, 0.2) is 0 Å². The Bertz CT molecular complexity index is 527. The number of carbonyl (C=O) groups excluding carboxylic acids is 1. The van der Waals surface area contributed by atoms with Crippen LogP contribution in [-0.4, -0.2) is 12.0 Å². The normalized spacial score (nSPS) is 10.6. The van der Waals surface area contributed by atoms with Crippen LogP contribution in [0.1, 0.15) is 15.9 Å². The highest BCUT2D eigenvalue weighted by Crippen LogP contribution is 2.01. The van der Waals surface area contributed by atoms with Crippen molar-refractivity contribution in [3.63, 3.8) is 0 Å². The van der Waals surface area contributed by atoms with Crippen LogP contribution in [0.15, 0.2) is 54.6 Å². The highest BCUT2D eigenvalue weighted by Gasteiger charge is 2.04. The lowest BCUT2D eigenvalue weighted by molar-refractivity contribution is -0.346. The summed E-state index contributed by atoms with van der Waals surface area (Å²) in [5.74, 6) is -0.0221. The van der Waals surface area contributed by atoms with Crippen LogP contribution in [0.3, 0.4) is 0 Å². The molecule has 0 saturated carbocycles. The second-order valence-electron chi connectivity index (χ2n) is 3.88. The summed E-state index contributed by atoms with van der Waals surface area (Å²) >= 11 is 0. The van der Waals surface area contributed by atoms with Crippen molar-refractivity contribution in [3.05, 3.63) is 65.7 Å². The Balaban J connectivity index is 2.11. The van der Waals surface area contributed by atoms with Crippen molar-refractivity contribution < 1.29 is 9.79 Å². The van der Waals surface area contributed by atoms with E-state index in [2.05, 4.69) is 4.99 Å². The van der Waals surface area contributed by atoms with Gasteiger partial charge in [-0.25, -0.2) is 4.99 Å². The van der Waals surface area contributed by atoms with Crippen LogP contribution in [0.5, 0.6) is 0 Å². The lowest BCUT2D eigenvalue weighted by atomic mass is 10.1. The van der Waals surface area contributed by atoms with Crippen molar-refractivity contribution in [3.8, 4) is 0 Å². The quantitative estimate of drug-likeness (QED) is 0.624. The van der Waals surface area contributed by atoms with Gasteiger partial charge in [0, 0.05) is 17.7 Å². The van der Waals surface area contributed by atoms with Gasteiger partial charge in [-0.3, -0.25) is 4.79 Å². The molecular formula is C15H14NO+. The molecule has 0 heterocycles. The number of Topliss-reactive ketones (excluding diaryl/α,β-unsaturated/α-hetero) is 1. The third-order valence-corrected chi connectivity index (χ3v) is 2.48. The van der Waals surface area contributed by atoms with Crippen LogP contribution >= 0.6 is 0 Å². The molecule has 0 aliphatic rings. The van der Waals surface area contributed by atoms with Gasteiger partial charge in [0.25, 0.3) is 0 Å². The molecule has 0 bridgehead atoms. The predicted octanol–water partition coefficient (Wildman–Crippen LogP) is 1.66. The maximum Gasteiger partial charge on any atom is 0.248 e. The molecule has 0 radical (unpaired) electrons. The Kier molecular flexibility index (Phi) is 3.46. The van der Waals surface area contributed by atoms with Gasteiger partial charge in [0.1, 0.15) is 0 Å². The van der Waals surface area contributed by atoms with Crippen molar-refractivity contribution in [1.29, 1.82) is 0 Å². The van der Waals surface area contributed by atoms with Crippen LogP contribution in [0.4, 0.5) is 5.69 Å². The molecule has 0 fully saturated rings. The predicted molar refractivity (Wildman–Crippen MR) is 68.6 cm³/mol. The van der Waals surface area contributed by atoms with Crippen molar-refractivity contribution in [2.45, 2.75) is 6.92 Å². The third kappa shape index (κ3) is 3.11. The average molecular weight is 224 g/mol. The second kappa shape index (κ2) is 5.21. The summed E-state index contributed by atoms with van der Waals surface area (Å²) in [6, 6.07) is 17.1. The third-order valence-electron chi connectivity index (χ3n) is 2.48. The standard InChI is InChI=1S/C15H13NO/c1-12-7-9-14(10-8-12)16-11-15(17)13-5-3-2-4-6-13/h2-11H,1H3/p+1. The topological polar surface area (TPSA) is 31.0 Å². The molecule has 84 valence electrons. The zero-order chi connectivity index (χ0) is 12.1. The number of aryl methyl sites for hydroxylation is 1. The molecule has 2 heteroatoms. The van der Waals surface area contributed by atoms with Gasteiger partial charge in [-0.15, -0.1) is 0 Å². The summed E-state index contributed by atoms with van der Waals surface area (Å²) in [6.07, 6.45) is 1.49. The molecule has 0 atom stereocenters. The maximum atomic E-state index is 11.8. The maximum absolute atomic E-state index is 11.8. The van der Waals surface area contributed by atoms with E-state index in [1.165, 1.54) is 11.8 Å². The highest BCUT2D eigenvalue weighted by molar-refractivity contribution is 6.33. The zero-order valence-electron chi connectivity index (χ0n) is 9.68. The van der Waals surface area contributed by atoms with Crippen LogP contribution in [-0.2, 0) is 0 Å². The van der Waals surface area contributed by atoms with Gasteiger partial charge < -0.3 is 0 Å². The lowest BCUT2D eigenvalue weighted by Crippen LogP contribution is -2.62. The first kappa shape index (κ1) is 11.3. The van der Waals surface area contributed by atoms with Crippen molar-refractivity contribution in [2.75, 3.05) is 0 Å². The van der Waals surface area contributed by atoms with E-state index in [-0.39, 0.29) is 5.78 Å². The molecule has 2 aromatic carbocycles. The molecule has 0 aromatic heterocycles. The van der Waals surface area contributed by atoms with Crippen LogP contribution < -0.4 is 4.99 Å². The summed E-state index contributed by atoms with van der Waals surface area (Å²) in [5.41, 5.74) is 2.80. The first-order chi connectivity index (χ1) is 8.25. The van der Waals surface area contributed by atoms with E-state index in [1.54, 1.807) is 12.1 Å². The Labute approximate surface area is 101 Å². The lowest BCUT2D eigenvalue weighted by Gasteiger charge is -1.91. The monoisotopic (exact) mass is 224 g/mol. The Morgan fingerprint density at radius 1 is 1.00 bits per heavy atom. The minimum absolute atomic E-state index is 0.0221. The number of hydrogen-bond donors (Lipinski definition) is 1. The molecule has 2 rings (SSSR count). The molecule has 0 unspecified atom stereocenters. The van der Waals surface area contributed by atoms with E-state index in [0.29, 0.717) is 5.56 Å². The second-order valence-corrected chi connectivity index (χ2v) is 3.88. The molecule has 2 aromatic rings. The van der Waals surface area contributed by atoms with E-state index in [9.17, 15) is 4.79 Å².